The van der Waals surface area contributed by atoms with Crippen molar-refractivity contribution in [2.24, 2.45) is 0 Å². The number of carbonyl (C=O) groups excluding carboxylic acids is 2. The van der Waals surface area contributed by atoms with Gasteiger partial charge in [0.1, 0.15) is 11.3 Å². The molecule has 0 bridgehead atoms. The number of aromatic nitrogens is 1. The molecule has 0 aromatic carbocycles. The Morgan fingerprint density at radius 2 is 2.06 bits per heavy atom. The number of rotatable bonds is 1. The molecule has 0 unspecified atom stereocenters. The maximum Gasteiger partial charge on any atom is 0.426 e. The molecule has 1 aromatic heterocycles. The summed E-state index contributed by atoms with van der Waals surface area (Å²) in [6.45, 7) is 7.04. The molecule has 2 amide bonds. The minimum absolute atomic E-state index is 0.332. The number of thiazole rings is 1. The van der Waals surface area contributed by atoms with Crippen LogP contribution in [-0.4, -0.2) is 34.6 Å². The summed E-state index contributed by atoms with van der Waals surface area (Å²) in [4.78, 5) is 28.2. The van der Waals surface area contributed by atoms with Gasteiger partial charge in [0.25, 0.3) is 5.91 Å². The largest absolute Gasteiger partial charge is 0.443 e. The zero-order valence-corrected chi connectivity index (χ0v) is 11.9. The Bertz CT molecular complexity index is 451. The van der Waals surface area contributed by atoms with Crippen molar-refractivity contribution in [3.63, 3.8) is 0 Å². The molecule has 7 heteroatoms. The number of carbonyl (C=O) groups is 2. The van der Waals surface area contributed by atoms with Gasteiger partial charge in [-0.2, -0.15) is 0 Å². The lowest BCUT2D eigenvalue weighted by atomic mass is 10.2. The van der Waals surface area contributed by atoms with Crippen LogP contribution in [0.5, 0.6) is 0 Å². The summed E-state index contributed by atoms with van der Waals surface area (Å²) in [5.74, 6) is -0.375. The van der Waals surface area contributed by atoms with E-state index >= 15 is 0 Å². The van der Waals surface area contributed by atoms with Gasteiger partial charge in [-0.25, -0.2) is 20.2 Å². The summed E-state index contributed by atoms with van der Waals surface area (Å²) in [7, 11) is 1.45. The molecule has 0 aliphatic rings. The molecular formula is C11H17N3O3S. The van der Waals surface area contributed by atoms with Gasteiger partial charge in [0, 0.05) is 11.9 Å². The van der Waals surface area contributed by atoms with E-state index in [0.717, 1.165) is 9.89 Å². The first-order valence-electron chi connectivity index (χ1n) is 5.38. The van der Waals surface area contributed by atoms with Crippen LogP contribution in [0.4, 0.5) is 4.79 Å². The van der Waals surface area contributed by atoms with Crippen molar-refractivity contribution in [2.75, 3.05) is 7.05 Å². The van der Waals surface area contributed by atoms with E-state index in [0.29, 0.717) is 5.69 Å². The average Bonchev–Trinajstić information content (AvgIpc) is 2.60. The molecule has 0 radical (unpaired) electrons. The molecule has 1 aromatic rings. The molecule has 0 aliphatic carbocycles. The Hall–Kier alpha value is -1.63. The van der Waals surface area contributed by atoms with Gasteiger partial charge < -0.3 is 4.74 Å². The quantitative estimate of drug-likeness (QED) is 0.793. The van der Waals surface area contributed by atoms with E-state index in [1.54, 1.807) is 33.2 Å². The van der Waals surface area contributed by atoms with E-state index in [-0.39, 0.29) is 5.91 Å². The fourth-order valence-corrected chi connectivity index (χ4v) is 1.73. The van der Waals surface area contributed by atoms with Crippen LogP contribution in [0, 0.1) is 6.92 Å². The normalized spacial score (nSPS) is 10.9. The van der Waals surface area contributed by atoms with Crippen molar-refractivity contribution in [3.05, 3.63) is 16.1 Å². The Morgan fingerprint density at radius 3 is 2.50 bits per heavy atom. The van der Waals surface area contributed by atoms with Crippen LogP contribution >= 0.6 is 11.3 Å². The molecule has 0 saturated heterocycles. The summed E-state index contributed by atoms with van der Waals surface area (Å²) in [5, 5.41) is 1.07. The predicted molar refractivity (Wildman–Crippen MR) is 68.3 cm³/mol. The average molecular weight is 271 g/mol. The molecule has 1 heterocycles. The van der Waals surface area contributed by atoms with Crippen molar-refractivity contribution in [3.8, 4) is 0 Å². The van der Waals surface area contributed by atoms with Crippen molar-refractivity contribution in [2.45, 2.75) is 33.3 Å². The standard InChI is InChI=1S/C11H17N3O3S/c1-7-8(12-6-18-7)9(15)14(5)13-10(16)17-11(2,3)4/h6H,1-5H3,(H,13,16). The predicted octanol–water partition coefficient (Wildman–Crippen LogP) is 1.96. The number of nitrogens with one attached hydrogen (secondary N) is 1. The van der Waals surface area contributed by atoms with Gasteiger partial charge >= 0.3 is 6.09 Å². The van der Waals surface area contributed by atoms with Crippen molar-refractivity contribution < 1.29 is 14.3 Å². The fraction of sp³-hybridized carbons (Fsp3) is 0.545. The minimum atomic E-state index is -0.675. The lowest BCUT2D eigenvalue weighted by Crippen LogP contribution is -2.45. The van der Waals surface area contributed by atoms with E-state index in [9.17, 15) is 9.59 Å². The van der Waals surface area contributed by atoms with Gasteiger partial charge in [-0.3, -0.25) is 4.79 Å². The number of hydrazine groups is 1. The van der Waals surface area contributed by atoms with E-state index in [1.165, 1.54) is 18.4 Å². The van der Waals surface area contributed by atoms with Crippen LogP contribution in [0.1, 0.15) is 36.1 Å². The highest BCUT2D eigenvalue weighted by Crippen LogP contribution is 2.12. The zero-order valence-electron chi connectivity index (χ0n) is 11.1. The molecular weight excluding hydrogens is 254 g/mol. The van der Waals surface area contributed by atoms with Gasteiger partial charge in [0.15, 0.2) is 0 Å². The molecule has 1 N–H and O–H groups in total. The lowest BCUT2D eigenvalue weighted by molar-refractivity contribution is 0.0333. The van der Waals surface area contributed by atoms with Crippen molar-refractivity contribution >= 4 is 23.3 Å². The minimum Gasteiger partial charge on any atom is -0.443 e. The van der Waals surface area contributed by atoms with Crippen molar-refractivity contribution in [1.29, 1.82) is 0 Å². The van der Waals surface area contributed by atoms with Gasteiger partial charge in [-0.15, -0.1) is 11.3 Å². The van der Waals surface area contributed by atoms with E-state index in [1.807, 2.05) is 0 Å². The van der Waals surface area contributed by atoms with Gasteiger partial charge in [0.2, 0.25) is 0 Å². The molecule has 6 nitrogen and oxygen atoms in total. The molecule has 0 spiro atoms. The maximum atomic E-state index is 11.9. The van der Waals surface area contributed by atoms with Crippen LogP contribution < -0.4 is 5.43 Å². The van der Waals surface area contributed by atoms with E-state index in [2.05, 4.69) is 10.4 Å². The van der Waals surface area contributed by atoms with Gasteiger partial charge in [-0.05, 0) is 27.7 Å². The molecule has 0 aliphatic heterocycles. The van der Waals surface area contributed by atoms with Crippen LogP contribution in [0.2, 0.25) is 0 Å². The molecule has 0 saturated carbocycles. The number of ether oxygens (including phenoxy) is 1. The van der Waals surface area contributed by atoms with Crippen LogP contribution in [0.15, 0.2) is 5.51 Å². The Kier molecular flexibility index (Phi) is 4.28. The fourth-order valence-electron chi connectivity index (χ4n) is 1.16. The number of amides is 2. The summed E-state index contributed by atoms with van der Waals surface area (Å²) < 4.78 is 5.04. The maximum absolute atomic E-state index is 11.9. The summed E-state index contributed by atoms with van der Waals surface area (Å²) >= 11 is 1.38. The molecule has 100 valence electrons. The molecule has 1 rings (SSSR count). The first-order valence-corrected chi connectivity index (χ1v) is 6.26. The third-order valence-corrected chi connectivity index (χ3v) is 2.67. The highest BCUT2D eigenvalue weighted by molar-refractivity contribution is 7.09. The Balaban J connectivity index is 2.61. The highest BCUT2D eigenvalue weighted by Gasteiger charge is 2.21. The first kappa shape index (κ1) is 14.4. The summed E-state index contributed by atoms with van der Waals surface area (Å²) in [6.07, 6.45) is -0.675. The van der Waals surface area contributed by atoms with Crippen LogP contribution in [-0.2, 0) is 4.74 Å². The number of hydrogen-bond donors (Lipinski definition) is 1. The smallest absolute Gasteiger partial charge is 0.426 e. The molecule has 0 fully saturated rings. The second-order valence-electron chi connectivity index (χ2n) is 4.74. The Morgan fingerprint density at radius 1 is 1.44 bits per heavy atom. The summed E-state index contributed by atoms with van der Waals surface area (Å²) in [6, 6.07) is 0. The lowest BCUT2D eigenvalue weighted by Gasteiger charge is -2.23. The van der Waals surface area contributed by atoms with Crippen LogP contribution in [0.25, 0.3) is 0 Å². The number of hydrogen-bond acceptors (Lipinski definition) is 5. The van der Waals surface area contributed by atoms with Crippen molar-refractivity contribution in [1.82, 2.24) is 15.4 Å². The van der Waals surface area contributed by atoms with Gasteiger partial charge in [0.05, 0.1) is 5.51 Å². The van der Waals surface area contributed by atoms with Crippen LogP contribution in [0.3, 0.4) is 0 Å². The molecule has 18 heavy (non-hydrogen) atoms. The monoisotopic (exact) mass is 271 g/mol. The third kappa shape index (κ3) is 3.99. The van der Waals surface area contributed by atoms with E-state index in [4.69, 9.17) is 4.74 Å². The first-order chi connectivity index (χ1) is 8.20. The topological polar surface area (TPSA) is 71.5 Å². The second kappa shape index (κ2) is 5.34. The summed E-state index contributed by atoms with van der Waals surface area (Å²) in [5.41, 5.74) is 3.65. The number of aryl methyl sites for hydroxylation is 1. The van der Waals surface area contributed by atoms with Gasteiger partial charge in [-0.1, -0.05) is 0 Å². The second-order valence-corrected chi connectivity index (χ2v) is 5.79. The number of nitrogens with zero attached hydrogens (tertiary/aromatic N) is 2. The molecule has 0 atom stereocenters. The van der Waals surface area contributed by atoms with E-state index < -0.39 is 11.7 Å². The zero-order chi connectivity index (χ0) is 13.9. The SMILES string of the molecule is Cc1scnc1C(=O)N(C)NC(=O)OC(C)(C)C. The Labute approximate surface area is 110 Å². The third-order valence-electron chi connectivity index (χ3n) is 1.91. The highest BCUT2D eigenvalue weighted by atomic mass is 32.1.